The van der Waals surface area contributed by atoms with Gasteiger partial charge in [0.1, 0.15) is 5.60 Å². The summed E-state index contributed by atoms with van der Waals surface area (Å²) >= 11 is 0. The Morgan fingerprint density at radius 3 is 2.28 bits per heavy atom. The van der Waals surface area contributed by atoms with Crippen molar-refractivity contribution in [1.29, 1.82) is 0 Å². The van der Waals surface area contributed by atoms with Gasteiger partial charge in [0, 0.05) is 7.05 Å². The number of ether oxygens (including phenoxy) is 3. The highest BCUT2D eigenvalue weighted by Crippen LogP contribution is 2.19. The van der Waals surface area contributed by atoms with E-state index < -0.39 is 18.0 Å². The summed E-state index contributed by atoms with van der Waals surface area (Å²) in [5, 5.41) is 0. The van der Waals surface area contributed by atoms with Crippen molar-refractivity contribution in [3.63, 3.8) is 0 Å². The number of rotatable bonds is 4. The van der Waals surface area contributed by atoms with Crippen molar-refractivity contribution >= 4 is 11.9 Å². The first-order valence-corrected chi connectivity index (χ1v) is 5.94. The number of hydrogen-bond acceptors (Lipinski definition) is 5. The molecule has 0 aromatic rings. The van der Waals surface area contributed by atoms with Gasteiger partial charge in [0.15, 0.2) is 18.4 Å². The van der Waals surface area contributed by atoms with Gasteiger partial charge in [0.05, 0.1) is 13.0 Å². The highest BCUT2D eigenvalue weighted by atomic mass is 16.9. The molecule has 0 unspecified atom stereocenters. The molecule has 0 saturated carbocycles. The van der Waals surface area contributed by atoms with Crippen LogP contribution in [0.4, 0.5) is 4.79 Å². The fraction of sp³-hybridized carbons (Fsp3) is 0.833. The molecule has 104 valence electrons. The van der Waals surface area contributed by atoms with Gasteiger partial charge in [-0.15, -0.1) is 0 Å². The van der Waals surface area contributed by atoms with Crippen molar-refractivity contribution < 1.29 is 23.8 Å². The van der Waals surface area contributed by atoms with Crippen molar-refractivity contribution in [2.24, 2.45) is 0 Å². The van der Waals surface area contributed by atoms with Gasteiger partial charge in [-0.3, -0.25) is 4.79 Å². The van der Waals surface area contributed by atoms with Crippen molar-refractivity contribution in [3.8, 4) is 0 Å². The van der Waals surface area contributed by atoms with Crippen LogP contribution in [0.2, 0.25) is 0 Å². The molecule has 1 saturated heterocycles. The molecular weight excluding hydrogens is 238 g/mol. The van der Waals surface area contributed by atoms with Crippen LogP contribution in [0.1, 0.15) is 34.1 Å². The maximum Gasteiger partial charge on any atom is 0.410 e. The molecule has 1 aliphatic heterocycles. The maximum absolute atomic E-state index is 11.6. The second kappa shape index (κ2) is 5.67. The first-order chi connectivity index (χ1) is 8.17. The van der Waals surface area contributed by atoms with E-state index >= 15 is 0 Å². The molecule has 1 rings (SSSR count). The number of ketones is 1. The molecule has 18 heavy (non-hydrogen) atoms. The number of Topliss-reactive ketones (excluding diaryl/α,β-unsaturated/α-hetero) is 1. The third-order valence-corrected chi connectivity index (χ3v) is 2.20. The average molecular weight is 259 g/mol. The molecule has 0 aliphatic carbocycles. The van der Waals surface area contributed by atoms with Crippen LogP contribution in [-0.4, -0.2) is 48.5 Å². The first-order valence-electron chi connectivity index (χ1n) is 5.94. The van der Waals surface area contributed by atoms with Gasteiger partial charge in [-0.2, -0.15) is 0 Å². The lowest BCUT2D eigenvalue weighted by molar-refractivity contribution is -0.373. The summed E-state index contributed by atoms with van der Waals surface area (Å²) in [6.45, 7) is 7.08. The van der Waals surface area contributed by atoms with Crippen LogP contribution in [0.15, 0.2) is 0 Å². The Morgan fingerprint density at radius 1 is 1.28 bits per heavy atom. The van der Waals surface area contributed by atoms with Crippen LogP contribution in [0, 0.1) is 0 Å². The third kappa shape index (κ3) is 5.01. The van der Waals surface area contributed by atoms with Crippen LogP contribution in [0.3, 0.4) is 0 Å². The number of hydrogen-bond donors (Lipinski definition) is 0. The lowest BCUT2D eigenvalue weighted by Gasteiger charge is -2.33. The van der Waals surface area contributed by atoms with E-state index in [1.54, 1.807) is 27.7 Å². The van der Waals surface area contributed by atoms with Crippen LogP contribution >= 0.6 is 0 Å². The van der Waals surface area contributed by atoms with Crippen molar-refractivity contribution in [1.82, 2.24) is 4.90 Å². The fourth-order valence-electron chi connectivity index (χ4n) is 1.45. The lowest BCUT2D eigenvalue weighted by atomic mass is 10.2. The van der Waals surface area contributed by atoms with E-state index in [4.69, 9.17) is 14.2 Å². The summed E-state index contributed by atoms with van der Waals surface area (Å²) in [5.41, 5.74) is -0.565. The maximum atomic E-state index is 11.6. The predicted molar refractivity (Wildman–Crippen MR) is 63.9 cm³/mol. The van der Waals surface area contributed by atoms with Gasteiger partial charge in [-0.05, 0) is 27.7 Å². The molecule has 0 bridgehead atoms. The number of carbonyl (C=O) groups is 2. The third-order valence-electron chi connectivity index (χ3n) is 2.20. The normalized spacial score (nSPS) is 23.2. The molecule has 1 fully saturated rings. The quantitative estimate of drug-likeness (QED) is 0.766. The summed E-state index contributed by atoms with van der Waals surface area (Å²) in [7, 11) is 1.52. The molecule has 0 N–H and O–H groups in total. The second-order valence-corrected chi connectivity index (χ2v) is 5.35. The molecule has 1 amide bonds. The summed E-state index contributed by atoms with van der Waals surface area (Å²) in [5.74, 6) is -0.125. The predicted octanol–water partition coefficient (Wildman–Crippen LogP) is 1.53. The van der Waals surface area contributed by atoms with Gasteiger partial charge >= 0.3 is 6.09 Å². The molecule has 6 nitrogen and oxygen atoms in total. The summed E-state index contributed by atoms with van der Waals surface area (Å²) < 4.78 is 15.4. The van der Waals surface area contributed by atoms with E-state index in [-0.39, 0.29) is 25.0 Å². The second-order valence-electron chi connectivity index (χ2n) is 5.35. The first kappa shape index (κ1) is 14.9. The molecule has 1 heterocycles. The van der Waals surface area contributed by atoms with E-state index in [2.05, 4.69) is 0 Å². The minimum absolute atomic E-state index is 0.00743. The van der Waals surface area contributed by atoms with E-state index in [0.29, 0.717) is 0 Å². The highest BCUT2D eigenvalue weighted by Gasteiger charge is 2.30. The van der Waals surface area contributed by atoms with E-state index in [0.717, 1.165) is 0 Å². The Labute approximate surface area is 107 Å². The van der Waals surface area contributed by atoms with Gasteiger partial charge in [-0.1, -0.05) is 0 Å². The van der Waals surface area contributed by atoms with Crippen molar-refractivity contribution in [3.05, 3.63) is 0 Å². The fourth-order valence-corrected chi connectivity index (χ4v) is 1.45. The zero-order valence-electron chi connectivity index (χ0n) is 11.6. The number of nitrogens with zero attached hydrogens (tertiary/aromatic N) is 1. The molecule has 6 heteroatoms. The average Bonchev–Trinajstić information content (AvgIpc) is 2.12. The Hall–Kier alpha value is -1.14. The smallest absolute Gasteiger partial charge is 0.410 e. The summed E-state index contributed by atoms with van der Waals surface area (Å²) in [4.78, 5) is 24.5. The standard InChI is InChI=1S/C12H21NO5/c1-8-16-10(17-8)6-9(14)7-13(5)11(15)18-12(2,3)4/h8,10H,6-7H2,1-5H3. The lowest BCUT2D eigenvalue weighted by Crippen LogP contribution is -2.42. The topological polar surface area (TPSA) is 65.1 Å². The van der Waals surface area contributed by atoms with Gasteiger partial charge in [0.2, 0.25) is 0 Å². The number of carbonyl (C=O) groups excluding carboxylic acids is 2. The van der Waals surface area contributed by atoms with E-state index in [1.165, 1.54) is 11.9 Å². The van der Waals surface area contributed by atoms with Crippen LogP contribution < -0.4 is 0 Å². The summed E-state index contributed by atoms with van der Waals surface area (Å²) in [6, 6.07) is 0. The van der Waals surface area contributed by atoms with Crippen molar-refractivity contribution in [2.75, 3.05) is 13.6 Å². The Morgan fingerprint density at radius 2 is 1.83 bits per heavy atom. The monoisotopic (exact) mass is 259 g/mol. The minimum Gasteiger partial charge on any atom is -0.444 e. The molecule has 0 spiro atoms. The summed E-state index contributed by atoms with van der Waals surface area (Å²) in [6.07, 6.45) is -1.08. The molecule has 0 aromatic heterocycles. The van der Waals surface area contributed by atoms with Crippen LogP contribution in [-0.2, 0) is 19.0 Å². The van der Waals surface area contributed by atoms with Crippen LogP contribution in [0.5, 0.6) is 0 Å². The Kier molecular flexibility index (Phi) is 4.70. The van der Waals surface area contributed by atoms with E-state index in [1.807, 2.05) is 0 Å². The number of likely N-dealkylation sites (N-methyl/N-ethyl adjacent to an activating group) is 1. The molecule has 0 atom stereocenters. The Bertz CT molecular complexity index is 317. The number of amides is 1. The molecular formula is C12H21NO5. The SMILES string of the molecule is CC1OC(CC(=O)CN(C)C(=O)OC(C)(C)C)O1. The zero-order valence-corrected chi connectivity index (χ0v) is 11.6. The van der Waals surface area contributed by atoms with Crippen LogP contribution in [0.25, 0.3) is 0 Å². The molecule has 0 radical (unpaired) electrons. The van der Waals surface area contributed by atoms with Gasteiger partial charge in [0.25, 0.3) is 0 Å². The van der Waals surface area contributed by atoms with Gasteiger partial charge in [-0.25, -0.2) is 4.79 Å². The van der Waals surface area contributed by atoms with Gasteiger partial charge < -0.3 is 19.1 Å². The zero-order chi connectivity index (χ0) is 13.9. The highest BCUT2D eigenvalue weighted by molar-refractivity contribution is 5.84. The molecule has 1 aliphatic rings. The Balaban J connectivity index is 2.28. The van der Waals surface area contributed by atoms with E-state index in [9.17, 15) is 9.59 Å². The largest absolute Gasteiger partial charge is 0.444 e. The van der Waals surface area contributed by atoms with Crippen molar-refractivity contribution in [2.45, 2.75) is 52.3 Å². The molecule has 0 aromatic carbocycles. The minimum atomic E-state index is -0.565.